The average molecular weight is 456 g/mol. The van der Waals surface area contributed by atoms with Crippen LogP contribution in [-0.4, -0.2) is 46.4 Å². The molecule has 0 unspecified atom stereocenters. The summed E-state index contributed by atoms with van der Waals surface area (Å²) in [6.07, 6.45) is 1.78. The van der Waals surface area contributed by atoms with Gasteiger partial charge in [0, 0.05) is 38.4 Å². The van der Waals surface area contributed by atoms with E-state index in [1.807, 2.05) is 25.1 Å². The van der Waals surface area contributed by atoms with Crippen molar-refractivity contribution in [3.63, 3.8) is 0 Å². The fourth-order valence-corrected chi connectivity index (χ4v) is 2.18. The van der Waals surface area contributed by atoms with Crippen LogP contribution in [0.3, 0.4) is 0 Å². The first-order valence-electron chi connectivity index (χ1n) is 7.56. The quantitative estimate of drug-likeness (QED) is 0.260. The van der Waals surface area contributed by atoms with E-state index in [9.17, 15) is 0 Å². The lowest BCUT2D eigenvalue weighted by Gasteiger charge is -2.12. The Kier molecular flexibility index (Phi) is 13.3. The number of hydrogen-bond acceptors (Lipinski definition) is 3. The van der Waals surface area contributed by atoms with E-state index in [1.165, 1.54) is 0 Å². The molecule has 1 rings (SSSR count). The Labute approximate surface area is 161 Å². The molecule has 0 aliphatic heterocycles. The molecule has 5 nitrogen and oxygen atoms in total. The van der Waals surface area contributed by atoms with Crippen molar-refractivity contribution in [2.24, 2.45) is 4.99 Å². The molecule has 0 fully saturated rings. The van der Waals surface area contributed by atoms with Gasteiger partial charge in [-0.2, -0.15) is 0 Å². The summed E-state index contributed by atoms with van der Waals surface area (Å²) in [5.74, 6) is 1.56. The summed E-state index contributed by atoms with van der Waals surface area (Å²) in [4.78, 5) is 4.19. The minimum Gasteiger partial charge on any atom is -0.497 e. The number of hydrogen-bond donors (Lipinski definition) is 2. The molecule has 0 amide bonds. The number of ether oxygens (including phenoxy) is 2. The van der Waals surface area contributed by atoms with Crippen molar-refractivity contribution in [1.29, 1.82) is 0 Å². The number of benzene rings is 1. The first-order chi connectivity index (χ1) is 10.7. The van der Waals surface area contributed by atoms with E-state index >= 15 is 0 Å². The van der Waals surface area contributed by atoms with E-state index in [1.54, 1.807) is 14.2 Å². The lowest BCUT2D eigenvalue weighted by Crippen LogP contribution is -2.39. The molecule has 1 aromatic rings. The van der Waals surface area contributed by atoms with Crippen molar-refractivity contribution in [3.05, 3.63) is 28.8 Å². The summed E-state index contributed by atoms with van der Waals surface area (Å²) in [5.41, 5.74) is 1.08. The zero-order valence-corrected chi connectivity index (χ0v) is 17.1. The van der Waals surface area contributed by atoms with Gasteiger partial charge in [0.1, 0.15) is 5.75 Å². The van der Waals surface area contributed by atoms with Crippen LogP contribution in [0.4, 0.5) is 0 Å². The van der Waals surface area contributed by atoms with Gasteiger partial charge in [-0.15, -0.1) is 24.0 Å². The van der Waals surface area contributed by atoms with Gasteiger partial charge in [-0.3, -0.25) is 4.99 Å². The Morgan fingerprint density at radius 2 is 2.00 bits per heavy atom. The number of nitrogens with one attached hydrogen (secondary N) is 2. The molecule has 0 spiro atoms. The SMILES string of the molecule is CCOCCCNC(=NC)NCCc1ccc(OC)cc1Cl.I. The molecule has 0 saturated heterocycles. The molecule has 0 saturated carbocycles. The van der Waals surface area contributed by atoms with E-state index in [-0.39, 0.29) is 24.0 Å². The van der Waals surface area contributed by atoms with E-state index in [2.05, 4.69) is 15.6 Å². The number of methoxy groups -OCH3 is 1. The highest BCUT2D eigenvalue weighted by Gasteiger charge is 2.03. The molecule has 0 aromatic heterocycles. The summed E-state index contributed by atoms with van der Waals surface area (Å²) < 4.78 is 10.4. The first kappa shape index (κ1) is 22.3. The Hall–Kier alpha value is -0.730. The van der Waals surface area contributed by atoms with Crippen LogP contribution >= 0.6 is 35.6 Å². The standard InChI is InChI=1S/C16H26ClN3O2.HI/c1-4-22-11-5-9-19-16(18-2)20-10-8-13-6-7-14(21-3)12-15(13)17;/h6-7,12H,4-5,8-11H2,1-3H3,(H2,18,19,20);1H. The number of nitrogens with zero attached hydrogens (tertiary/aromatic N) is 1. The Morgan fingerprint density at radius 1 is 1.26 bits per heavy atom. The third-order valence-electron chi connectivity index (χ3n) is 3.13. The van der Waals surface area contributed by atoms with Gasteiger partial charge in [-0.1, -0.05) is 17.7 Å². The molecule has 0 heterocycles. The van der Waals surface area contributed by atoms with Gasteiger partial charge in [-0.05, 0) is 37.5 Å². The maximum absolute atomic E-state index is 6.22. The molecular weight excluding hydrogens is 429 g/mol. The smallest absolute Gasteiger partial charge is 0.190 e. The van der Waals surface area contributed by atoms with E-state index in [0.29, 0.717) is 0 Å². The number of rotatable bonds is 9. The van der Waals surface area contributed by atoms with Crippen LogP contribution in [0.5, 0.6) is 5.75 Å². The van der Waals surface area contributed by atoms with Gasteiger partial charge in [0.2, 0.25) is 0 Å². The average Bonchev–Trinajstić information content (AvgIpc) is 2.54. The normalized spacial score (nSPS) is 10.9. The predicted molar refractivity (Wildman–Crippen MR) is 108 cm³/mol. The highest BCUT2D eigenvalue weighted by Crippen LogP contribution is 2.22. The highest BCUT2D eigenvalue weighted by atomic mass is 127. The van der Waals surface area contributed by atoms with Gasteiger partial charge in [-0.25, -0.2) is 0 Å². The molecule has 132 valence electrons. The summed E-state index contributed by atoms with van der Waals surface area (Å²) in [7, 11) is 3.40. The molecule has 2 N–H and O–H groups in total. The summed E-state index contributed by atoms with van der Waals surface area (Å²) in [6.45, 7) is 5.12. The molecule has 0 aliphatic rings. The fraction of sp³-hybridized carbons (Fsp3) is 0.562. The molecule has 0 atom stereocenters. The zero-order valence-electron chi connectivity index (χ0n) is 14.0. The van der Waals surface area contributed by atoms with Crippen molar-refractivity contribution >= 4 is 41.5 Å². The Bertz CT molecular complexity index is 473. The second kappa shape index (κ2) is 13.7. The minimum absolute atomic E-state index is 0. The number of guanidine groups is 1. The van der Waals surface area contributed by atoms with Gasteiger partial charge < -0.3 is 20.1 Å². The van der Waals surface area contributed by atoms with Gasteiger partial charge in [0.25, 0.3) is 0 Å². The molecule has 7 heteroatoms. The third-order valence-corrected chi connectivity index (χ3v) is 3.48. The van der Waals surface area contributed by atoms with Crippen LogP contribution in [0.2, 0.25) is 5.02 Å². The van der Waals surface area contributed by atoms with Crippen LogP contribution in [0.1, 0.15) is 18.9 Å². The van der Waals surface area contributed by atoms with Crippen molar-refractivity contribution in [3.8, 4) is 5.75 Å². The molecule has 0 radical (unpaired) electrons. The number of aliphatic imine (C=N–C) groups is 1. The maximum Gasteiger partial charge on any atom is 0.190 e. The van der Waals surface area contributed by atoms with Gasteiger partial charge >= 0.3 is 0 Å². The molecular formula is C16H27ClIN3O2. The van der Waals surface area contributed by atoms with Crippen molar-refractivity contribution in [1.82, 2.24) is 10.6 Å². The predicted octanol–water partition coefficient (Wildman–Crippen LogP) is 3.10. The number of halogens is 2. The third kappa shape index (κ3) is 9.22. The summed E-state index contributed by atoms with van der Waals surface area (Å²) >= 11 is 6.22. The van der Waals surface area contributed by atoms with Gasteiger partial charge in [0.05, 0.1) is 7.11 Å². The summed E-state index contributed by atoms with van der Waals surface area (Å²) in [6, 6.07) is 5.74. The van der Waals surface area contributed by atoms with Crippen LogP contribution in [0, 0.1) is 0 Å². The zero-order chi connectivity index (χ0) is 16.2. The first-order valence-corrected chi connectivity index (χ1v) is 7.93. The Balaban J connectivity index is 0.00000484. The topological polar surface area (TPSA) is 54.9 Å². The second-order valence-corrected chi connectivity index (χ2v) is 5.09. The maximum atomic E-state index is 6.22. The van der Waals surface area contributed by atoms with E-state index in [0.717, 1.165) is 61.4 Å². The van der Waals surface area contributed by atoms with E-state index in [4.69, 9.17) is 21.1 Å². The van der Waals surface area contributed by atoms with E-state index < -0.39 is 0 Å². The monoisotopic (exact) mass is 455 g/mol. The van der Waals surface area contributed by atoms with Crippen LogP contribution in [0.15, 0.2) is 23.2 Å². The molecule has 23 heavy (non-hydrogen) atoms. The van der Waals surface area contributed by atoms with Crippen LogP contribution in [-0.2, 0) is 11.2 Å². The molecule has 0 aliphatic carbocycles. The van der Waals surface area contributed by atoms with Crippen molar-refractivity contribution in [2.45, 2.75) is 19.8 Å². The summed E-state index contributed by atoms with van der Waals surface area (Å²) in [5, 5.41) is 7.25. The fourth-order valence-electron chi connectivity index (χ4n) is 1.92. The van der Waals surface area contributed by atoms with Crippen LogP contribution in [0.25, 0.3) is 0 Å². The largest absolute Gasteiger partial charge is 0.497 e. The van der Waals surface area contributed by atoms with Crippen molar-refractivity contribution in [2.75, 3.05) is 40.5 Å². The highest BCUT2D eigenvalue weighted by molar-refractivity contribution is 14.0. The molecule has 0 bridgehead atoms. The van der Waals surface area contributed by atoms with Crippen LogP contribution < -0.4 is 15.4 Å². The minimum atomic E-state index is 0. The second-order valence-electron chi connectivity index (χ2n) is 4.68. The van der Waals surface area contributed by atoms with Crippen molar-refractivity contribution < 1.29 is 9.47 Å². The Morgan fingerprint density at radius 3 is 2.61 bits per heavy atom. The molecule has 1 aromatic carbocycles. The van der Waals surface area contributed by atoms with Gasteiger partial charge in [0.15, 0.2) is 5.96 Å². The lowest BCUT2D eigenvalue weighted by molar-refractivity contribution is 0.145. The lowest BCUT2D eigenvalue weighted by atomic mass is 10.1.